The van der Waals surface area contributed by atoms with Crippen molar-refractivity contribution < 1.29 is 36.9 Å². The van der Waals surface area contributed by atoms with Gasteiger partial charge in [-0.2, -0.15) is 0 Å². The number of carbonyl (C=O) groups is 4. The van der Waals surface area contributed by atoms with Crippen molar-refractivity contribution in [1.82, 2.24) is 20.3 Å². The normalized spacial score (nSPS) is 23.3. The molecule has 3 aliphatic rings. The lowest BCUT2D eigenvalue weighted by Crippen LogP contribution is -2.57. The Morgan fingerprint density at radius 3 is 2.35 bits per heavy atom. The molecule has 13 heteroatoms. The Morgan fingerprint density at radius 1 is 1.06 bits per heavy atom. The summed E-state index contributed by atoms with van der Waals surface area (Å²) >= 11 is 0. The fourth-order valence-corrected chi connectivity index (χ4v) is 5.20. The molecule has 2 saturated carbocycles. The van der Waals surface area contributed by atoms with E-state index in [2.05, 4.69) is 15.4 Å². The molecule has 0 radical (unpaired) electrons. The SMILES string of the molecule is CC(C(F)F)C(NC(=O)[C@@H]1CCCN1C(=O)CNC(=O)OC1CCCC1)C(=O)NS(=O)C1CC1. The molecule has 1 saturated heterocycles. The van der Waals surface area contributed by atoms with Crippen LogP contribution in [0.3, 0.4) is 0 Å². The van der Waals surface area contributed by atoms with E-state index in [0.717, 1.165) is 32.6 Å². The van der Waals surface area contributed by atoms with Gasteiger partial charge in [0.2, 0.25) is 18.2 Å². The van der Waals surface area contributed by atoms with Crippen LogP contribution in [0.2, 0.25) is 0 Å². The molecule has 0 aromatic carbocycles. The maximum atomic E-state index is 13.4. The standard InChI is InChI=1S/C21H32F2N4O6S/c1-12(18(22)23)17(20(30)26-34(32)14-8-9-14)25-19(29)15-7-4-10-27(15)16(28)11-24-21(31)33-13-5-2-3-6-13/h12-15,17-18H,2-11H2,1H3,(H,24,31)(H,25,29)(H,26,30)/t12?,15-,17?,34?/m0/s1. The van der Waals surface area contributed by atoms with Crippen LogP contribution in [0, 0.1) is 5.92 Å². The van der Waals surface area contributed by atoms with E-state index in [1.807, 2.05) is 0 Å². The highest BCUT2D eigenvalue weighted by Crippen LogP contribution is 2.25. The molecular formula is C21H32F2N4O6S. The molecular weight excluding hydrogens is 474 g/mol. The van der Waals surface area contributed by atoms with Crippen LogP contribution < -0.4 is 15.4 Å². The first-order valence-electron chi connectivity index (χ1n) is 11.7. The molecule has 4 atom stereocenters. The first-order valence-corrected chi connectivity index (χ1v) is 12.9. The van der Waals surface area contributed by atoms with E-state index in [4.69, 9.17) is 4.74 Å². The molecule has 3 fully saturated rings. The van der Waals surface area contributed by atoms with Crippen molar-refractivity contribution in [3.05, 3.63) is 0 Å². The number of halogens is 2. The highest BCUT2D eigenvalue weighted by molar-refractivity contribution is 7.84. The summed E-state index contributed by atoms with van der Waals surface area (Å²) in [4.78, 5) is 51.2. The highest BCUT2D eigenvalue weighted by atomic mass is 32.2. The fourth-order valence-electron chi connectivity index (χ4n) is 4.15. The maximum Gasteiger partial charge on any atom is 0.407 e. The summed E-state index contributed by atoms with van der Waals surface area (Å²) < 4.78 is 46.2. The van der Waals surface area contributed by atoms with E-state index >= 15 is 0 Å². The van der Waals surface area contributed by atoms with E-state index in [0.29, 0.717) is 19.3 Å². The number of hydrogen-bond acceptors (Lipinski definition) is 6. The maximum absolute atomic E-state index is 13.4. The van der Waals surface area contributed by atoms with Gasteiger partial charge < -0.3 is 20.3 Å². The van der Waals surface area contributed by atoms with Crippen LogP contribution in [0.25, 0.3) is 0 Å². The molecule has 1 aliphatic heterocycles. The van der Waals surface area contributed by atoms with Gasteiger partial charge in [0.1, 0.15) is 35.7 Å². The third-order valence-electron chi connectivity index (χ3n) is 6.37. The average molecular weight is 507 g/mol. The van der Waals surface area contributed by atoms with Crippen LogP contribution in [0.4, 0.5) is 13.6 Å². The van der Waals surface area contributed by atoms with Gasteiger partial charge in [-0.1, -0.05) is 6.92 Å². The number of likely N-dealkylation sites (tertiary alicyclic amines) is 1. The largest absolute Gasteiger partial charge is 0.446 e. The van der Waals surface area contributed by atoms with Crippen molar-refractivity contribution in [3.63, 3.8) is 0 Å². The molecule has 1 heterocycles. The molecule has 2 aliphatic carbocycles. The van der Waals surface area contributed by atoms with Gasteiger partial charge in [-0.25, -0.2) is 17.8 Å². The lowest BCUT2D eigenvalue weighted by atomic mass is 10.0. The van der Waals surface area contributed by atoms with Crippen LogP contribution in [0.15, 0.2) is 0 Å². The Hall–Kier alpha value is -2.31. The number of amides is 4. The third-order valence-corrected chi connectivity index (χ3v) is 7.85. The number of rotatable bonds is 10. The molecule has 3 unspecified atom stereocenters. The van der Waals surface area contributed by atoms with Crippen molar-refractivity contribution >= 4 is 34.8 Å². The lowest BCUT2D eigenvalue weighted by molar-refractivity contribution is -0.139. The number of hydrogen-bond donors (Lipinski definition) is 3. The number of carbonyl (C=O) groups excluding carboxylic acids is 4. The third kappa shape index (κ3) is 7.09. The van der Waals surface area contributed by atoms with Gasteiger partial charge in [0.05, 0.1) is 5.25 Å². The summed E-state index contributed by atoms with van der Waals surface area (Å²) in [5, 5.41) is 4.53. The first-order chi connectivity index (χ1) is 16.2. The van der Waals surface area contributed by atoms with Crippen LogP contribution in [-0.4, -0.2) is 75.9 Å². The van der Waals surface area contributed by atoms with Gasteiger partial charge in [-0.3, -0.25) is 19.1 Å². The second kappa shape index (κ2) is 11.9. The van der Waals surface area contributed by atoms with Gasteiger partial charge in [0.25, 0.3) is 5.91 Å². The lowest BCUT2D eigenvalue weighted by Gasteiger charge is -2.28. The zero-order valence-electron chi connectivity index (χ0n) is 19.1. The van der Waals surface area contributed by atoms with Crippen LogP contribution >= 0.6 is 0 Å². The van der Waals surface area contributed by atoms with Crippen LogP contribution in [0.5, 0.6) is 0 Å². The Labute approximate surface area is 199 Å². The summed E-state index contributed by atoms with van der Waals surface area (Å²) in [5.41, 5.74) is 0. The minimum absolute atomic E-state index is 0.158. The zero-order valence-corrected chi connectivity index (χ0v) is 19.9. The molecule has 4 amide bonds. The molecule has 10 nitrogen and oxygen atoms in total. The van der Waals surface area contributed by atoms with Crippen LogP contribution in [-0.2, 0) is 30.1 Å². The van der Waals surface area contributed by atoms with E-state index in [1.165, 1.54) is 4.90 Å². The minimum Gasteiger partial charge on any atom is -0.446 e. The van der Waals surface area contributed by atoms with Crippen molar-refractivity contribution in [2.45, 2.75) is 88.2 Å². The van der Waals surface area contributed by atoms with Gasteiger partial charge in [-0.05, 0) is 51.4 Å². The average Bonchev–Trinajstić information content (AvgIpc) is 3.30. The van der Waals surface area contributed by atoms with Crippen molar-refractivity contribution in [2.24, 2.45) is 5.92 Å². The molecule has 3 rings (SSSR count). The Morgan fingerprint density at radius 2 is 1.74 bits per heavy atom. The number of ether oxygens (including phenoxy) is 1. The van der Waals surface area contributed by atoms with Gasteiger partial charge in [-0.15, -0.1) is 0 Å². The van der Waals surface area contributed by atoms with Gasteiger partial charge in [0.15, 0.2) is 0 Å². The summed E-state index contributed by atoms with van der Waals surface area (Å²) in [5.74, 6) is -3.74. The van der Waals surface area contributed by atoms with E-state index in [-0.39, 0.29) is 30.9 Å². The fraction of sp³-hybridized carbons (Fsp3) is 0.810. The summed E-state index contributed by atoms with van der Waals surface area (Å²) in [6, 6.07) is -2.57. The number of nitrogens with zero attached hydrogens (tertiary/aromatic N) is 1. The minimum atomic E-state index is -2.90. The van der Waals surface area contributed by atoms with E-state index < -0.39 is 59.2 Å². The van der Waals surface area contributed by atoms with E-state index in [1.54, 1.807) is 0 Å². The second-order valence-electron chi connectivity index (χ2n) is 9.05. The molecule has 0 spiro atoms. The first kappa shape index (κ1) is 26.3. The number of alkyl carbamates (subject to hydrolysis) is 1. The van der Waals surface area contributed by atoms with E-state index in [9.17, 15) is 32.2 Å². The molecule has 0 aromatic rings. The summed E-state index contributed by atoms with van der Waals surface area (Å²) in [6.45, 7) is 1.00. The molecule has 34 heavy (non-hydrogen) atoms. The van der Waals surface area contributed by atoms with Crippen LogP contribution in [0.1, 0.15) is 58.3 Å². The summed E-state index contributed by atoms with van der Waals surface area (Å²) in [6.07, 6.45) is 1.93. The predicted molar refractivity (Wildman–Crippen MR) is 118 cm³/mol. The second-order valence-corrected chi connectivity index (χ2v) is 10.5. The molecule has 0 aromatic heterocycles. The predicted octanol–water partition coefficient (Wildman–Crippen LogP) is 0.975. The van der Waals surface area contributed by atoms with Crippen molar-refractivity contribution in [2.75, 3.05) is 13.1 Å². The quantitative estimate of drug-likeness (QED) is 0.404. The van der Waals surface area contributed by atoms with Crippen molar-refractivity contribution in [3.8, 4) is 0 Å². The Balaban J connectivity index is 1.55. The molecule has 192 valence electrons. The summed E-state index contributed by atoms with van der Waals surface area (Å²) in [7, 11) is -1.69. The monoisotopic (exact) mass is 506 g/mol. The highest BCUT2D eigenvalue weighted by Gasteiger charge is 2.40. The Bertz CT molecular complexity index is 806. The topological polar surface area (TPSA) is 134 Å². The number of alkyl halides is 2. The number of nitrogens with one attached hydrogen (secondary N) is 3. The van der Waals surface area contributed by atoms with Gasteiger partial charge in [0, 0.05) is 12.5 Å². The molecule has 3 N–H and O–H groups in total. The van der Waals surface area contributed by atoms with Gasteiger partial charge >= 0.3 is 6.09 Å². The molecule has 0 bridgehead atoms. The Kier molecular flexibility index (Phi) is 9.20. The zero-order chi connectivity index (χ0) is 24.8. The van der Waals surface area contributed by atoms with Crippen molar-refractivity contribution in [1.29, 1.82) is 0 Å². The smallest absolute Gasteiger partial charge is 0.407 e.